The number of anilines is 1. The van der Waals surface area contributed by atoms with Crippen molar-refractivity contribution >= 4 is 28.8 Å². The average Bonchev–Trinajstić information content (AvgIpc) is 3.31. The zero-order valence-electron chi connectivity index (χ0n) is 14.3. The second-order valence-corrected chi connectivity index (χ2v) is 6.78. The van der Waals surface area contributed by atoms with Gasteiger partial charge in [-0.15, -0.1) is 11.3 Å². The Kier molecular flexibility index (Phi) is 5.80. The third kappa shape index (κ3) is 4.80. The van der Waals surface area contributed by atoms with Gasteiger partial charge in [-0.05, 0) is 37.6 Å². The first kappa shape index (κ1) is 17.9. The van der Waals surface area contributed by atoms with Crippen LogP contribution in [0.3, 0.4) is 0 Å². The minimum absolute atomic E-state index is 0.0884. The fourth-order valence-corrected chi connectivity index (χ4v) is 3.01. The zero-order valence-corrected chi connectivity index (χ0v) is 15.1. The van der Waals surface area contributed by atoms with Gasteiger partial charge in [0.1, 0.15) is 0 Å². The standard InChI is InChI=1S/C19H19N3O3S/c1-13-21-16(12-26-13)14-6-8-15(9-7-14)22-18(23)5-2-10-20-19(24)17-4-3-11-25-17/h3-4,6-9,11-12H,2,5,10H2,1H3,(H,20,24)(H,22,23). The summed E-state index contributed by atoms with van der Waals surface area (Å²) in [4.78, 5) is 28.1. The van der Waals surface area contributed by atoms with Crippen molar-refractivity contribution < 1.29 is 14.0 Å². The van der Waals surface area contributed by atoms with Crippen molar-refractivity contribution in [2.45, 2.75) is 19.8 Å². The second kappa shape index (κ2) is 8.44. The van der Waals surface area contributed by atoms with Gasteiger partial charge in [0.25, 0.3) is 5.91 Å². The molecular formula is C19H19N3O3S. The molecule has 0 fully saturated rings. The number of thiazole rings is 1. The number of hydrogen-bond donors (Lipinski definition) is 2. The number of benzene rings is 1. The molecule has 3 aromatic rings. The fraction of sp³-hybridized carbons (Fsp3) is 0.211. The molecule has 134 valence electrons. The Labute approximate surface area is 155 Å². The van der Waals surface area contributed by atoms with Gasteiger partial charge >= 0.3 is 0 Å². The fourth-order valence-electron chi connectivity index (χ4n) is 2.39. The van der Waals surface area contributed by atoms with E-state index in [9.17, 15) is 9.59 Å². The van der Waals surface area contributed by atoms with E-state index in [1.165, 1.54) is 6.26 Å². The lowest BCUT2D eigenvalue weighted by Gasteiger charge is -2.06. The van der Waals surface area contributed by atoms with E-state index >= 15 is 0 Å². The monoisotopic (exact) mass is 369 g/mol. The molecule has 0 saturated carbocycles. The van der Waals surface area contributed by atoms with Crippen LogP contribution in [0.1, 0.15) is 28.4 Å². The minimum atomic E-state index is -0.275. The number of hydrogen-bond acceptors (Lipinski definition) is 5. The molecule has 6 nitrogen and oxygen atoms in total. The molecule has 7 heteroatoms. The Morgan fingerprint density at radius 2 is 2.00 bits per heavy atom. The van der Waals surface area contributed by atoms with Gasteiger partial charge in [0.15, 0.2) is 5.76 Å². The highest BCUT2D eigenvalue weighted by molar-refractivity contribution is 7.09. The van der Waals surface area contributed by atoms with Gasteiger partial charge in [0.05, 0.1) is 17.0 Å². The molecule has 0 saturated heterocycles. The third-order valence-electron chi connectivity index (χ3n) is 3.69. The normalized spacial score (nSPS) is 10.5. The first-order chi connectivity index (χ1) is 12.6. The highest BCUT2D eigenvalue weighted by Gasteiger charge is 2.08. The summed E-state index contributed by atoms with van der Waals surface area (Å²) in [7, 11) is 0. The summed E-state index contributed by atoms with van der Waals surface area (Å²) in [6.07, 6.45) is 2.32. The predicted octanol–water partition coefficient (Wildman–Crippen LogP) is 3.86. The summed E-state index contributed by atoms with van der Waals surface area (Å²) in [5.74, 6) is -0.0948. The maximum atomic E-state index is 12.0. The lowest BCUT2D eigenvalue weighted by atomic mass is 10.1. The van der Waals surface area contributed by atoms with Crippen molar-refractivity contribution in [3.63, 3.8) is 0 Å². The topological polar surface area (TPSA) is 84.2 Å². The van der Waals surface area contributed by atoms with E-state index in [0.717, 1.165) is 22.0 Å². The molecule has 0 aliphatic heterocycles. The van der Waals surface area contributed by atoms with E-state index in [4.69, 9.17) is 4.42 Å². The highest BCUT2D eigenvalue weighted by Crippen LogP contribution is 2.23. The van der Waals surface area contributed by atoms with Gasteiger partial charge < -0.3 is 15.1 Å². The Bertz CT molecular complexity index is 870. The van der Waals surface area contributed by atoms with Crippen LogP contribution in [0.5, 0.6) is 0 Å². The summed E-state index contributed by atoms with van der Waals surface area (Å²) in [5, 5.41) is 8.61. The summed E-state index contributed by atoms with van der Waals surface area (Å²) in [6.45, 7) is 2.38. The molecule has 2 amide bonds. The van der Waals surface area contributed by atoms with Crippen LogP contribution in [0.2, 0.25) is 0 Å². The van der Waals surface area contributed by atoms with Crippen molar-refractivity contribution in [1.82, 2.24) is 10.3 Å². The van der Waals surface area contributed by atoms with Crippen LogP contribution in [0, 0.1) is 6.92 Å². The van der Waals surface area contributed by atoms with Crippen molar-refractivity contribution in [2.75, 3.05) is 11.9 Å². The molecular weight excluding hydrogens is 350 g/mol. The molecule has 26 heavy (non-hydrogen) atoms. The van der Waals surface area contributed by atoms with Crippen LogP contribution in [0.4, 0.5) is 5.69 Å². The molecule has 0 aliphatic carbocycles. The molecule has 0 aliphatic rings. The zero-order chi connectivity index (χ0) is 18.4. The van der Waals surface area contributed by atoms with E-state index in [0.29, 0.717) is 19.4 Å². The number of furan rings is 1. The van der Waals surface area contributed by atoms with Crippen LogP contribution in [-0.4, -0.2) is 23.3 Å². The summed E-state index contributed by atoms with van der Waals surface area (Å²) in [6, 6.07) is 10.9. The number of carbonyl (C=O) groups is 2. The molecule has 2 aromatic heterocycles. The van der Waals surface area contributed by atoms with Crippen molar-refractivity contribution in [1.29, 1.82) is 0 Å². The number of aromatic nitrogens is 1. The number of amides is 2. The van der Waals surface area contributed by atoms with Crippen molar-refractivity contribution in [3.05, 3.63) is 58.8 Å². The van der Waals surface area contributed by atoms with Gasteiger partial charge in [0.2, 0.25) is 5.91 Å². The number of rotatable bonds is 7. The van der Waals surface area contributed by atoms with Crippen LogP contribution in [0.15, 0.2) is 52.5 Å². The van der Waals surface area contributed by atoms with Gasteiger partial charge in [0, 0.05) is 29.6 Å². The molecule has 3 rings (SSSR count). The molecule has 0 radical (unpaired) electrons. The Morgan fingerprint density at radius 3 is 2.65 bits per heavy atom. The Morgan fingerprint density at radius 1 is 1.19 bits per heavy atom. The molecule has 2 heterocycles. The molecule has 0 spiro atoms. The summed E-state index contributed by atoms with van der Waals surface area (Å²) < 4.78 is 5.00. The second-order valence-electron chi connectivity index (χ2n) is 5.71. The van der Waals surface area contributed by atoms with E-state index < -0.39 is 0 Å². The quantitative estimate of drug-likeness (QED) is 0.620. The number of nitrogens with zero attached hydrogens (tertiary/aromatic N) is 1. The van der Waals surface area contributed by atoms with E-state index in [1.54, 1.807) is 23.5 Å². The minimum Gasteiger partial charge on any atom is -0.459 e. The maximum absolute atomic E-state index is 12.0. The van der Waals surface area contributed by atoms with E-state index in [1.807, 2.05) is 36.6 Å². The molecule has 0 atom stereocenters. The molecule has 2 N–H and O–H groups in total. The van der Waals surface area contributed by atoms with Crippen LogP contribution >= 0.6 is 11.3 Å². The molecule has 0 bridgehead atoms. The smallest absolute Gasteiger partial charge is 0.286 e. The van der Waals surface area contributed by atoms with Gasteiger partial charge in [-0.2, -0.15) is 0 Å². The third-order valence-corrected chi connectivity index (χ3v) is 4.47. The summed E-state index contributed by atoms with van der Waals surface area (Å²) in [5.41, 5.74) is 2.70. The largest absolute Gasteiger partial charge is 0.459 e. The lowest BCUT2D eigenvalue weighted by molar-refractivity contribution is -0.116. The Balaban J connectivity index is 1.41. The van der Waals surface area contributed by atoms with E-state index in [-0.39, 0.29) is 17.6 Å². The predicted molar refractivity (Wildman–Crippen MR) is 101 cm³/mol. The number of carbonyl (C=O) groups excluding carboxylic acids is 2. The highest BCUT2D eigenvalue weighted by atomic mass is 32.1. The van der Waals surface area contributed by atoms with Crippen LogP contribution in [0.25, 0.3) is 11.3 Å². The first-order valence-electron chi connectivity index (χ1n) is 8.26. The Hall–Kier alpha value is -2.93. The van der Waals surface area contributed by atoms with E-state index in [2.05, 4.69) is 15.6 Å². The van der Waals surface area contributed by atoms with Crippen LogP contribution in [-0.2, 0) is 4.79 Å². The van der Waals surface area contributed by atoms with Gasteiger partial charge in [-0.25, -0.2) is 4.98 Å². The average molecular weight is 369 g/mol. The summed E-state index contributed by atoms with van der Waals surface area (Å²) >= 11 is 1.61. The maximum Gasteiger partial charge on any atom is 0.286 e. The molecule has 0 unspecified atom stereocenters. The molecule has 1 aromatic carbocycles. The lowest BCUT2D eigenvalue weighted by Crippen LogP contribution is -2.25. The van der Waals surface area contributed by atoms with Gasteiger partial charge in [-0.3, -0.25) is 9.59 Å². The first-order valence-corrected chi connectivity index (χ1v) is 9.14. The van der Waals surface area contributed by atoms with Crippen molar-refractivity contribution in [2.24, 2.45) is 0 Å². The number of nitrogens with one attached hydrogen (secondary N) is 2. The van der Waals surface area contributed by atoms with Gasteiger partial charge in [-0.1, -0.05) is 12.1 Å². The van der Waals surface area contributed by atoms with Crippen LogP contribution < -0.4 is 10.6 Å². The number of aryl methyl sites for hydroxylation is 1. The van der Waals surface area contributed by atoms with Crippen molar-refractivity contribution in [3.8, 4) is 11.3 Å². The SMILES string of the molecule is Cc1nc(-c2ccc(NC(=O)CCCNC(=O)c3ccco3)cc2)cs1.